The van der Waals surface area contributed by atoms with Crippen LogP contribution in [0.25, 0.3) is 0 Å². The zero-order valence-corrected chi connectivity index (χ0v) is 17.5. The van der Waals surface area contributed by atoms with Crippen LogP contribution in [0.15, 0.2) is 78.9 Å². The van der Waals surface area contributed by atoms with Gasteiger partial charge in [0.25, 0.3) is 5.91 Å². The maximum absolute atomic E-state index is 12.6. The smallest absolute Gasteiger partial charge is 0.411 e. The minimum atomic E-state index is -0.567. The molecule has 0 spiro atoms. The molecular weight excluding hydrogens is 388 g/mol. The number of hydrogen-bond donors (Lipinski definition) is 2. The average molecular weight is 415 g/mol. The van der Waals surface area contributed by atoms with Crippen molar-refractivity contribution in [1.29, 1.82) is 0 Å². The number of ether oxygens (including phenoxy) is 1. The SMILES string of the molecule is CCC1CC1c1ccc(NC(=O)c2cccc(NC(=O)OCc3ccccc3)c2)cc1. The van der Waals surface area contributed by atoms with Gasteiger partial charge in [-0.25, -0.2) is 4.79 Å². The number of anilines is 2. The van der Waals surface area contributed by atoms with Crippen molar-refractivity contribution in [1.82, 2.24) is 0 Å². The second-order valence-electron chi connectivity index (χ2n) is 7.85. The topological polar surface area (TPSA) is 67.4 Å². The van der Waals surface area contributed by atoms with Crippen molar-refractivity contribution in [2.24, 2.45) is 5.92 Å². The number of benzene rings is 3. The van der Waals surface area contributed by atoms with Crippen LogP contribution in [-0.4, -0.2) is 12.0 Å². The first-order valence-electron chi connectivity index (χ1n) is 10.6. The molecule has 4 rings (SSSR count). The van der Waals surface area contributed by atoms with E-state index in [0.29, 0.717) is 17.2 Å². The van der Waals surface area contributed by atoms with Crippen molar-refractivity contribution < 1.29 is 14.3 Å². The number of amides is 2. The molecule has 0 aliphatic heterocycles. The van der Waals surface area contributed by atoms with Crippen molar-refractivity contribution in [3.63, 3.8) is 0 Å². The summed E-state index contributed by atoms with van der Waals surface area (Å²) in [5, 5.41) is 5.58. The Morgan fingerprint density at radius 2 is 1.68 bits per heavy atom. The summed E-state index contributed by atoms with van der Waals surface area (Å²) < 4.78 is 5.23. The Hall–Kier alpha value is -3.60. The first-order valence-corrected chi connectivity index (χ1v) is 10.6. The lowest BCUT2D eigenvalue weighted by atomic mass is 10.1. The molecule has 5 heteroatoms. The summed E-state index contributed by atoms with van der Waals surface area (Å²) in [6.07, 6.45) is 1.91. The Morgan fingerprint density at radius 1 is 0.903 bits per heavy atom. The van der Waals surface area contributed by atoms with Crippen LogP contribution in [0.3, 0.4) is 0 Å². The van der Waals surface area contributed by atoms with Crippen molar-refractivity contribution in [3.05, 3.63) is 95.6 Å². The second kappa shape index (κ2) is 9.47. The normalized spacial score (nSPS) is 16.9. The summed E-state index contributed by atoms with van der Waals surface area (Å²) in [5.74, 6) is 1.24. The van der Waals surface area contributed by atoms with E-state index in [1.807, 2.05) is 42.5 Å². The third kappa shape index (κ3) is 5.51. The van der Waals surface area contributed by atoms with E-state index in [9.17, 15) is 9.59 Å². The van der Waals surface area contributed by atoms with E-state index in [4.69, 9.17) is 4.74 Å². The number of nitrogens with one attached hydrogen (secondary N) is 2. The highest BCUT2D eigenvalue weighted by molar-refractivity contribution is 6.05. The van der Waals surface area contributed by atoms with Gasteiger partial charge < -0.3 is 10.1 Å². The maximum atomic E-state index is 12.6. The van der Waals surface area contributed by atoms with Crippen LogP contribution in [0.4, 0.5) is 16.2 Å². The minimum absolute atomic E-state index is 0.183. The molecule has 2 amide bonds. The van der Waals surface area contributed by atoms with Crippen molar-refractivity contribution in [2.75, 3.05) is 10.6 Å². The average Bonchev–Trinajstić information content (AvgIpc) is 3.59. The van der Waals surface area contributed by atoms with Gasteiger partial charge in [0.15, 0.2) is 0 Å². The van der Waals surface area contributed by atoms with Crippen molar-refractivity contribution in [3.8, 4) is 0 Å². The summed E-state index contributed by atoms with van der Waals surface area (Å²) in [5.41, 5.74) is 3.95. The Kier molecular flexibility index (Phi) is 6.32. The van der Waals surface area contributed by atoms with Crippen LogP contribution in [0.2, 0.25) is 0 Å². The van der Waals surface area contributed by atoms with Gasteiger partial charge in [-0.15, -0.1) is 0 Å². The molecule has 31 heavy (non-hydrogen) atoms. The summed E-state index contributed by atoms with van der Waals surface area (Å²) in [7, 11) is 0. The van der Waals surface area contributed by atoms with Crippen LogP contribution in [0.1, 0.15) is 47.2 Å². The molecule has 1 fully saturated rings. The Balaban J connectivity index is 1.32. The minimum Gasteiger partial charge on any atom is -0.444 e. The van der Waals surface area contributed by atoms with Gasteiger partial charge in [0.2, 0.25) is 0 Å². The monoisotopic (exact) mass is 414 g/mol. The van der Waals surface area contributed by atoms with E-state index in [2.05, 4.69) is 29.7 Å². The molecule has 2 unspecified atom stereocenters. The number of hydrogen-bond acceptors (Lipinski definition) is 3. The van der Waals surface area contributed by atoms with Gasteiger partial charge in [-0.3, -0.25) is 10.1 Å². The van der Waals surface area contributed by atoms with E-state index in [1.165, 1.54) is 18.4 Å². The Labute approximate surface area is 182 Å². The lowest BCUT2D eigenvalue weighted by Crippen LogP contribution is -2.15. The zero-order valence-electron chi connectivity index (χ0n) is 17.5. The quantitative estimate of drug-likeness (QED) is 0.484. The van der Waals surface area contributed by atoms with Crippen LogP contribution < -0.4 is 10.6 Å². The second-order valence-corrected chi connectivity index (χ2v) is 7.85. The highest BCUT2D eigenvalue weighted by Crippen LogP contribution is 2.49. The lowest BCUT2D eigenvalue weighted by molar-refractivity contribution is 0.102. The number of carbonyl (C=O) groups excluding carboxylic acids is 2. The lowest BCUT2D eigenvalue weighted by Gasteiger charge is -2.10. The summed E-state index contributed by atoms with van der Waals surface area (Å²) in [4.78, 5) is 24.7. The molecule has 0 saturated heterocycles. The van der Waals surface area contributed by atoms with E-state index in [0.717, 1.165) is 17.2 Å². The first kappa shape index (κ1) is 20.7. The predicted octanol–water partition coefficient (Wildman–Crippen LogP) is 6.20. The standard InChI is InChI=1S/C26H26N2O3/c1-2-19-16-24(19)20-11-13-22(14-12-20)27-25(29)21-9-6-10-23(15-21)28-26(30)31-17-18-7-4-3-5-8-18/h3-15,19,24H,2,16-17H2,1H3,(H,27,29)(H,28,30). The zero-order chi connectivity index (χ0) is 21.6. The van der Waals surface area contributed by atoms with E-state index in [1.54, 1.807) is 24.3 Å². The third-order valence-corrected chi connectivity index (χ3v) is 5.63. The third-order valence-electron chi connectivity index (χ3n) is 5.63. The molecule has 5 nitrogen and oxygen atoms in total. The molecule has 0 aromatic heterocycles. The van der Waals surface area contributed by atoms with Gasteiger partial charge in [0, 0.05) is 16.9 Å². The van der Waals surface area contributed by atoms with Crippen LogP contribution in [0, 0.1) is 5.92 Å². The van der Waals surface area contributed by atoms with Gasteiger partial charge in [-0.1, -0.05) is 61.9 Å². The molecule has 1 aliphatic rings. The molecule has 1 aliphatic carbocycles. The fraction of sp³-hybridized carbons (Fsp3) is 0.231. The fourth-order valence-electron chi connectivity index (χ4n) is 3.74. The molecule has 3 aromatic rings. The van der Waals surface area contributed by atoms with E-state index >= 15 is 0 Å². The van der Waals surface area contributed by atoms with Crippen LogP contribution in [0.5, 0.6) is 0 Å². The molecular formula is C26H26N2O3. The largest absolute Gasteiger partial charge is 0.444 e. The summed E-state index contributed by atoms with van der Waals surface area (Å²) in [6.45, 7) is 2.41. The van der Waals surface area contributed by atoms with E-state index < -0.39 is 6.09 Å². The number of rotatable bonds is 7. The molecule has 0 bridgehead atoms. The summed E-state index contributed by atoms with van der Waals surface area (Å²) >= 11 is 0. The van der Waals surface area contributed by atoms with Crippen molar-refractivity contribution >= 4 is 23.4 Å². The predicted molar refractivity (Wildman–Crippen MR) is 122 cm³/mol. The number of carbonyl (C=O) groups is 2. The molecule has 0 radical (unpaired) electrons. The van der Waals surface area contributed by atoms with Gasteiger partial charge in [-0.2, -0.15) is 0 Å². The fourth-order valence-corrected chi connectivity index (χ4v) is 3.74. The molecule has 2 N–H and O–H groups in total. The van der Waals surface area contributed by atoms with Crippen molar-refractivity contribution in [2.45, 2.75) is 32.3 Å². The highest BCUT2D eigenvalue weighted by Gasteiger charge is 2.36. The Morgan fingerprint density at radius 3 is 2.39 bits per heavy atom. The van der Waals surface area contributed by atoms with Crippen LogP contribution in [-0.2, 0) is 11.3 Å². The highest BCUT2D eigenvalue weighted by atomic mass is 16.5. The van der Waals surface area contributed by atoms with Gasteiger partial charge in [0.1, 0.15) is 6.61 Å². The molecule has 1 saturated carbocycles. The van der Waals surface area contributed by atoms with Gasteiger partial charge in [-0.05, 0) is 59.7 Å². The molecule has 0 heterocycles. The summed E-state index contributed by atoms with van der Waals surface area (Å²) in [6, 6.07) is 24.3. The van der Waals surface area contributed by atoms with Gasteiger partial charge >= 0.3 is 6.09 Å². The first-order chi connectivity index (χ1) is 15.1. The van der Waals surface area contributed by atoms with E-state index in [-0.39, 0.29) is 12.5 Å². The van der Waals surface area contributed by atoms with Gasteiger partial charge in [0.05, 0.1) is 0 Å². The Bertz CT molecular complexity index is 1050. The molecule has 2 atom stereocenters. The van der Waals surface area contributed by atoms with Crippen LogP contribution >= 0.6 is 0 Å². The maximum Gasteiger partial charge on any atom is 0.411 e. The molecule has 3 aromatic carbocycles. The molecule has 158 valence electrons.